The molecule has 0 saturated carbocycles. The number of likely N-dealkylation sites (N-methyl/N-ethyl adjacent to an activating group) is 1. The van der Waals surface area contributed by atoms with E-state index in [4.69, 9.17) is 0 Å². The number of nitrogens with one attached hydrogen (secondary N) is 2. The summed E-state index contributed by atoms with van der Waals surface area (Å²) in [5, 5.41) is 12.8. The van der Waals surface area contributed by atoms with Gasteiger partial charge in [-0.3, -0.25) is 4.57 Å². The first-order chi connectivity index (χ1) is 8.63. The van der Waals surface area contributed by atoms with Crippen LogP contribution in [-0.2, 0) is 0 Å². The molecule has 1 unspecified atom stereocenters. The Kier molecular flexibility index (Phi) is 3.64. The zero-order valence-electron chi connectivity index (χ0n) is 10.5. The maximum Gasteiger partial charge on any atom is 0.330 e. The lowest BCUT2D eigenvalue weighted by Crippen LogP contribution is -2.18. The van der Waals surface area contributed by atoms with Crippen LogP contribution in [0.15, 0.2) is 35.3 Å². The molecule has 1 heterocycles. The van der Waals surface area contributed by atoms with E-state index in [9.17, 15) is 9.90 Å². The van der Waals surface area contributed by atoms with Crippen molar-refractivity contribution in [2.75, 3.05) is 13.6 Å². The maximum atomic E-state index is 11.7. The van der Waals surface area contributed by atoms with E-state index in [-0.39, 0.29) is 5.69 Å². The molecule has 0 spiro atoms. The number of rotatable bonds is 4. The highest BCUT2D eigenvalue weighted by Gasteiger charge is 2.09. The first-order valence-corrected chi connectivity index (χ1v) is 5.83. The van der Waals surface area contributed by atoms with Crippen molar-refractivity contribution in [3.8, 4) is 5.69 Å². The van der Waals surface area contributed by atoms with E-state index in [2.05, 4.69) is 10.3 Å². The van der Waals surface area contributed by atoms with Crippen molar-refractivity contribution in [3.63, 3.8) is 0 Å². The normalized spacial score (nSPS) is 12.6. The van der Waals surface area contributed by atoms with E-state index in [1.54, 1.807) is 17.8 Å². The van der Waals surface area contributed by atoms with Crippen LogP contribution in [0.5, 0.6) is 0 Å². The molecule has 5 heteroatoms. The third-order valence-corrected chi connectivity index (χ3v) is 2.87. The molecule has 0 aliphatic carbocycles. The molecule has 1 atom stereocenters. The summed E-state index contributed by atoms with van der Waals surface area (Å²) in [5.74, 6) is 0. The van der Waals surface area contributed by atoms with E-state index in [0.29, 0.717) is 6.54 Å². The van der Waals surface area contributed by atoms with Gasteiger partial charge in [-0.15, -0.1) is 0 Å². The maximum absolute atomic E-state index is 11.7. The quantitative estimate of drug-likeness (QED) is 0.746. The van der Waals surface area contributed by atoms with Gasteiger partial charge < -0.3 is 15.4 Å². The minimum Gasteiger partial charge on any atom is -0.387 e. The van der Waals surface area contributed by atoms with Gasteiger partial charge in [-0.2, -0.15) is 0 Å². The van der Waals surface area contributed by atoms with Crippen LogP contribution in [0.1, 0.15) is 17.4 Å². The SMILES string of the molecule is CNCC(O)c1cccc(-n2c(C)c[nH]c2=O)c1. The van der Waals surface area contributed by atoms with Crippen molar-refractivity contribution < 1.29 is 5.11 Å². The number of nitrogens with zero attached hydrogens (tertiary/aromatic N) is 1. The first kappa shape index (κ1) is 12.6. The standard InChI is InChI=1S/C13H17N3O2/c1-9-7-15-13(18)16(9)11-5-3-4-10(6-11)12(17)8-14-2/h3-7,12,14,17H,8H2,1-2H3,(H,15,18). The number of hydrogen-bond donors (Lipinski definition) is 3. The van der Waals surface area contributed by atoms with Gasteiger partial charge in [0.1, 0.15) is 0 Å². The van der Waals surface area contributed by atoms with Crippen molar-refractivity contribution in [2.45, 2.75) is 13.0 Å². The molecule has 3 N–H and O–H groups in total. The summed E-state index contributed by atoms with van der Waals surface area (Å²) in [6, 6.07) is 7.35. The molecule has 1 aromatic carbocycles. The lowest BCUT2D eigenvalue weighted by molar-refractivity contribution is 0.178. The second-order valence-electron chi connectivity index (χ2n) is 4.24. The van der Waals surface area contributed by atoms with Crippen LogP contribution in [0.25, 0.3) is 5.69 Å². The number of imidazole rings is 1. The van der Waals surface area contributed by atoms with Crippen LogP contribution in [-0.4, -0.2) is 28.3 Å². The number of aliphatic hydroxyl groups excluding tert-OH is 1. The summed E-state index contributed by atoms with van der Waals surface area (Å²) in [5.41, 5.74) is 2.20. The molecule has 2 aromatic rings. The Hall–Kier alpha value is -1.85. The average Bonchev–Trinajstić information content (AvgIpc) is 2.69. The topological polar surface area (TPSA) is 70.0 Å². The fraction of sp³-hybridized carbons (Fsp3) is 0.308. The van der Waals surface area contributed by atoms with Gasteiger partial charge in [-0.05, 0) is 31.7 Å². The van der Waals surface area contributed by atoms with Crippen molar-refractivity contribution in [1.82, 2.24) is 14.9 Å². The zero-order valence-corrected chi connectivity index (χ0v) is 10.5. The highest BCUT2D eigenvalue weighted by atomic mass is 16.3. The zero-order chi connectivity index (χ0) is 13.1. The van der Waals surface area contributed by atoms with Gasteiger partial charge in [-0.25, -0.2) is 4.79 Å². The summed E-state index contributed by atoms with van der Waals surface area (Å²) < 4.78 is 1.58. The van der Waals surface area contributed by atoms with Gasteiger partial charge in [0.15, 0.2) is 0 Å². The summed E-state index contributed by atoms with van der Waals surface area (Å²) in [6.45, 7) is 2.33. The molecule has 0 bridgehead atoms. The lowest BCUT2D eigenvalue weighted by Gasteiger charge is -2.12. The van der Waals surface area contributed by atoms with E-state index in [1.165, 1.54) is 0 Å². The summed E-state index contributed by atoms with van der Waals surface area (Å²) >= 11 is 0. The van der Waals surface area contributed by atoms with Crippen LogP contribution in [0, 0.1) is 6.92 Å². The van der Waals surface area contributed by atoms with Crippen molar-refractivity contribution in [3.05, 3.63) is 52.2 Å². The Balaban J connectivity index is 2.42. The van der Waals surface area contributed by atoms with Gasteiger partial charge >= 0.3 is 5.69 Å². The number of aromatic nitrogens is 2. The van der Waals surface area contributed by atoms with E-state index < -0.39 is 6.10 Å². The third kappa shape index (κ3) is 2.37. The Morgan fingerprint density at radius 1 is 1.50 bits per heavy atom. The number of benzene rings is 1. The van der Waals surface area contributed by atoms with Crippen molar-refractivity contribution in [1.29, 1.82) is 0 Å². The molecule has 0 radical (unpaired) electrons. The molecule has 0 fully saturated rings. The van der Waals surface area contributed by atoms with Gasteiger partial charge in [0.2, 0.25) is 0 Å². The smallest absolute Gasteiger partial charge is 0.330 e. The minimum absolute atomic E-state index is 0.173. The second kappa shape index (κ2) is 5.20. The molecule has 0 saturated heterocycles. The Labute approximate surface area is 105 Å². The van der Waals surface area contributed by atoms with Crippen LogP contribution < -0.4 is 11.0 Å². The first-order valence-electron chi connectivity index (χ1n) is 5.83. The van der Waals surface area contributed by atoms with Gasteiger partial charge in [0.25, 0.3) is 0 Å². The second-order valence-corrected chi connectivity index (χ2v) is 4.24. The Bertz CT molecular complexity index is 586. The molecule has 0 amide bonds. The Morgan fingerprint density at radius 2 is 2.28 bits per heavy atom. The largest absolute Gasteiger partial charge is 0.387 e. The van der Waals surface area contributed by atoms with Gasteiger partial charge in [0, 0.05) is 18.4 Å². The molecule has 1 aromatic heterocycles. The van der Waals surface area contributed by atoms with Crippen LogP contribution in [0.2, 0.25) is 0 Å². The van der Waals surface area contributed by atoms with Crippen molar-refractivity contribution >= 4 is 0 Å². The van der Waals surface area contributed by atoms with Crippen LogP contribution in [0.4, 0.5) is 0 Å². The van der Waals surface area contributed by atoms with Gasteiger partial charge in [0.05, 0.1) is 11.8 Å². The molecule has 96 valence electrons. The molecule has 0 aliphatic rings. The fourth-order valence-corrected chi connectivity index (χ4v) is 1.96. The number of H-pyrrole nitrogens is 1. The predicted molar refractivity (Wildman–Crippen MR) is 70.0 cm³/mol. The third-order valence-electron chi connectivity index (χ3n) is 2.87. The van der Waals surface area contributed by atoms with E-state index >= 15 is 0 Å². The highest BCUT2D eigenvalue weighted by molar-refractivity contribution is 5.38. The van der Waals surface area contributed by atoms with Gasteiger partial charge in [-0.1, -0.05) is 12.1 Å². The molecule has 2 rings (SSSR count). The average molecular weight is 247 g/mol. The van der Waals surface area contributed by atoms with E-state index in [1.807, 2.05) is 31.2 Å². The Morgan fingerprint density at radius 3 is 2.89 bits per heavy atom. The summed E-state index contributed by atoms with van der Waals surface area (Å²) in [4.78, 5) is 14.3. The highest BCUT2D eigenvalue weighted by Crippen LogP contribution is 2.16. The van der Waals surface area contributed by atoms with Crippen LogP contribution in [0.3, 0.4) is 0 Å². The monoisotopic (exact) mass is 247 g/mol. The lowest BCUT2D eigenvalue weighted by atomic mass is 10.1. The number of aromatic amines is 1. The van der Waals surface area contributed by atoms with Crippen molar-refractivity contribution in [2.24, 2.45) is 0 Å². The molecule has 5 nitrogen and oxygen atoms in total. The number of hydrogen-bond acceptors (Lipinski definition) is 3. The molecular formula is C13H17N3O2. The van der Waals surface area contributed by atoms with Crippen LogP contribution >= 0.6 is 0 Å². The fourth-order valence-electron chi connectivity index (χ4n) is 1.96. The number of aliphatic hydroxyl groups is 1. The molecular weight excluding hydrogens is 230 g/mol. The number of aryl methyl sites for hydroxylation is 1. The summed E-state index contributed by atoms with van der Waals surface area (Å²) in [7, 11) is 1.79. The minimum atomic E-state index is -0.579. The predicted octanol–water partition coefficient (Wildman–Crippen LogP) is 0.727. The molecule has 18 heavy (non-hydrogen) atoms. The summed E-state index contributed by atoms with van der Waals surface area (Å²) in [6.07, 6.45) is 1.09. The van der Waals surface area contributed by atoms with E-state index in [0.717, 1.165) is 16.9 Å². The molecule has 0 aliphatic heterocycles.